The van der Waals surface area contributed by atoms with Gasteiger partial charge >= 0.3 is 0 Å². The maximum Gasteiger partial charge on any atom is 0.147 e. The predicted octanol–water partition coefficient (Wildman–Crippen LogP) is 1.94. The summed E-state index contributed by atoms with van der Waals surface area (Å²) in [5.41, 5.74) is 0. The fourth-order valence-corrected chi connectivity index (χ4v) is 2.61. The van der Waals surface area contributed by atoms with E-state index in [2.05, 4.69) is 21.6 Å². The van der Waals surface area contributed by atoms with Gasteiger partial charge in [-0.25, -0.2) is 9.67 Å². The number of likely N-dealkylation sites (tertiary alicyclic amines) is 1. The molecular weight excluding hydrogens is 212 g/mol. The number of hydrogen-bond donors (Lipinski definition) is 0. The zero-order valence-corrected chi connectivity index (χ0v) is 10.9. The molecule has 0 N–H and O–H groups in total. The van der Waals surface area contributed by atoms with Crippen molar-refractivity contribution in [3.63, 3.8) is 0 Å². The number of nitrogens with zero attached hydrogens (tertiary/aromatic N) is 4. The second-order valence-electron chi connectivity index (χ2n) is 4.82. The van der Waals surface area contributed by atoms with Gasteiger partial charge in [0.25, 0.3) is 0 Å². The van der Waals surface area contributed by atoms with Crippen molar-refractivity contribution in [3.8, 4) is 0 Å². The molecule has 4 nitrogen and oxygen atoms in total. The van der Waals surface area contributed by atoms with Crippen LogP contribution >= 0.6 is 0 Å². The summed E-state index contributed by atoms with van der Waals surface area (Å²) in [7, 11) is 0. The molecule has 1 aromatic rings. The largest absolute Gasteiger partial charge is 0.295 e. The van der Waals surface area contributed by atoms with Gasteiger partial charge in [-0.1, -0.05) is 12.5 Å². The lowest BCUT2D eigenvalue weighted by Gasteiger charge is -2.34. The van der Waals surface area contributed by atoms with E-state index in [0.717, 1.165) is 24.7 Å². The van der Waals surface area contributed by atoms with E-state index in [4.69, 9.17) is 0 Å². The van der Waals surface area contributed by atoms with Gasteiger partial charge in [0.15, 0.2) is 0 Å². The van der Waals surface area contributed by atoms with Crippen molar-refractivity contribution in [1.82, 2.24) is 19.7 Å². The van der Waals surface area contributed by atoms with E-state index >= 15 is 0 Å². The van der Waals surface area contributed by atoms with Crippen LogP contribution in [0.2, 0.25) is 0 Å². The SMILES string of the molecule is C=CCN1CCCC[C@@H]1Cn1nc(C)nc1C. The molecule has 0 saturated carbocycles. The van der Waals surface area contributed by atoms with Gasteiger partial charge in [-0.2, -0.15) is 5.10 Å². The molecule has 1 aromatic heterocycles. The lowest BCUT2D eigenvalue weighted by molar-refractivity contribution is 0.144. The molecule has 0 aliphatic carbocycles. The van der Waals surface area contributed by atoms with E-state index in [1.54, 1.807) is 0 Å². The first-order valence-electron chi connectivity index (χ1n) is 6.43. The van der Waals surface area contributed by atoms with Crippen LogP contribution in [0.15, 0.2) is 12.7 Å². The third-order valence-corrected chi connectivity index (χ3v) is 3.46. The van der Waals surface area contributed by atoms with Crippen molar-refractivity contribution < 1.29 is 0 Å². The van der Waals surface area contributed by atoms with Crippen LogP contribution in [-0.2, 0) is 6.54 Å². The predicted molar refractivity (Wildman–Crippen MR) is 68.9 cm³/mol. The fraction of sp³-hybridized carbons (Fsp3) is 0.692. The van der Waals surface area contributed by atoms with Crippen molar-refractivity contribution >= 4 is 0 Å². The van der Waals surface area contributed by atoms with Crippen molar-refractivity contribution in [2.75, 3.05) is 13.1 Å². The maximum absolute atomic E-state index is 4.45. The highest BCUT2D eigenvalue weighted by atomic mass is 15.4. The molecule has 0 radical (unpaired) electrons. The third-order valence-electron chi connectivity index (χ3n) is 3.46. The first-order chi connectivity index (χ1) is 8.20. The van der Waals surface area contributed by atoms with E-state index in [0.29, 0.717) is 6.04 Å². The number of rotatable bonds is 4. The van der Waals surface area contributed by atoms with Crippen molar-refractivity contribution in [3.05, 3.63) is 24.3 Å². The second kappa shape index (κ2) is 5.45. The molecule has 1 fully saturated rings. The first-order valence-corrected chi connectivity index (χ1v) is 6.43. The smallest absolute Gasteiger partial charge is 0.147 e. The average Bonchev–Trinajstić information content (AvgIpc) is 2.61. The summed E-state index contributed by atoms with van der Waals surface area (Å²) in [6, 6.07) is 0.585. The van der Waals surface area contributed by atoms with Crippen LogP contribution in [0, 0.1) is 13.8 Å². The minimum atomic E-state index is 0.585. The van der Waals surface area contributed by atoms with Gasteiger partial charge in [-0.05, 0) is 33.2 Å². The van der Waals surface area contributed by atoms with Crippen LogP contribution in [0.3, 0.4) is 0 Å². The molecule has 0 bridgehead atoms. The Morgan fingerprint density at radius 2 is 2.24 bits per heavy atom. The van der Waals surface area contributed by atoms with E-state index in [-0.39, 0.29) is 0 Å². The molecule has 1 aliphatic heterocycles. The Morgan fingerprint density at radius 1 is 1.41 bits per heavy atom. The lowest BCUT2D eigenvalue weighted by Crippen LogP contribution is -2.42. The molecule has 1 atom stereocenters. The molecule has 17 heavy (non-hydrogen) atoms. The summed E-state index contributed by atoms with van der Waals surface area (Å²) in [5, 5.41) is 4.45. The van der Waals surface area contributed by atoms with Gasteiger partial charge in [-0.3, -0.25) is 4.90 Å². The quantitative estimate of drug-likeness (QED) is 0.747. The molecule has 0 unspecified atom stereocenters. The van der Waals surface area contributed by atoms with E-state index < -0.39 is 0 Å². The molecule has 0 amide bonds. The third kappa shape index (κ3) is 2.94. The van der Waals surface area contributed by atoms with Crippen LogP contribution in [0.4, 0.5) is 0 Å². The minimum absolute atomic E-state index is 0.585. The van der Waals surface area contributed by atoms with Crippen LogP contribution < -0.4 is 0 Å². The molecule has 0 aromatic carbocycles. The van der Waals surface area contributed by atoms with Crippen molar-refractivity contribution in [1.29, 1.82) is 0 Å². The van der Waals surface area contributed by atoms with Gasteiger partial charge in [0.05, 0.1) is 6.54 Å². The molecule has 2 rings (SSSR count). The fourth-order valence-electron chi connectivity index (χ4n) is 2.61. The molecule has 1 aliphatic rings. The first kappa shape index (κ1) is 12.3. The standard InChI is InChI=1S/C13H22N4/c1-4-8-16-9-6-5-7-13(16)10-17-12(3)14-11(2)15-17/h4,13H,1,5-10H2,2-3H3/t13-/m1/s1. The number of hydrogen-bond acceptors (Lipinski definition) is 3. The van der Waals surface area contributed by atoms with Gasteiger partial charge in [0.1, 0.15) is 11.6 Å². The Labute approximate surface area is 103 Å². The highest BCUT2D eigenvalue weighted by Crippen LogP contribution is 2.18. The molecular formula is C13H22N4. The summed E-state index contributed by atoms with van der Waals surface area (Å²) >= 11 is 0. The second-order valence-corrected chi connectivity index (χ2v) is 4.82. The molecule has 1 saturated heterocycles. The highest BCUT2D eigenvalue weighted by molar-refractivity contribution is 4.90. The molecule has 0 spiro atoms. The van der Waals surface area contributed by atoms with Crippen molar-refractivity contribution in [2.24, 2.45) is 0 Å². The average molecular weight is 234 g/mol. The summed E-state index contributed by atoms with van der Waals surface area (Å²) in [6.45, 7) is 10.9. The number of aryl methyl sites for hydroxylation is 2. The van der Waals surface area contributed by atoms with Crippen molar-refractivity contribution in [2.45, 2.75) is 45.7 Å². The highest BCUT2D eigenvalue weighted by Gasteiger charge is 2.22. The Morgan fingerprint density at radius 3 is 2.88 bits per heavy atom. The van der Waals surface area contributed by atoms with Gasteiger partial charge < -0.3 is 0 Å². The monoisotopic (exact) mass is 234 g/mol. The number of aromatic nitrogens is 3. The van der Waals surface area contributed by atoms with Gasteiger partial charge in [0, 0.05) is 12.6 Å². The Balaban J connectivity index is 2.04. The van der Waals surface area contributed by atoms with E-state index in [9.17, 15) is 0 Å². The van der Waals surface area contributed by atoms with Gasteiger partial charge in [0.2, 0.25) is 0 Å². The summed E-state index contributed by atoms with van der Waals surface area (Å²) in [5.74, 6) is 1.89. The van der Waals surface area contributed by atoms with Crippen LogP contribution in [0.5, 0.6) is 0 Å². The minimum Gasteiger partial charge on any atom is -0.295 e. The zero-order valence-electron chi connectivity index (χ0n) is 10.9. The Kier molecular flexibility index (Phi) is 3.94. The van der Waals surface area contributed by atoms with Crippen LogP contribution in [-0.4, -0.2) is 38.8 Å². The van der Waals surface area contributed by atoms with Gasteiger partial charge in [-0.15, -0.1) is 6.58 Å². The Bertz CT molecular complexity index is 383. The molecule has 94 valence electrons. The summed E-state index contributed by atoms with van der Waals surface area (Å²) < 4.78 is 2.04. The van der Waals surface area contributed by atoms with Crippen LogP contribution in [0.1, 0.15) is 30.9 Å². The topological polar surface area (TPSA) is 34.0 Å². The number of piperidine rings is 1. The lowest BCUT2D eigenvalue weighted by atomic mass is 10.0. The maximum atomic E-state index is 4.45. The molecule has 4 heteroatoms. The summed E-state index contributed by atoms with van der Waals surface area (Å²) in [4.78, 5) is 6.87. The summed E-state index contributed by atoms with van der Waals surface area (Å²) in [6.07, 6.45) is 5.88. The molecule has 2 heterocycles. The van der Waals surface area contributed by atoms with Crippen LogP contribution in [0.25, 0.3) is 0 Å². The normalized spacial score (nSPS) is 21.6. The Hall–Kier alpha value is -1.16. The van der Waals surface area contributed by atoms with E-state index in [1.165, 1.54) is 25.8 Å². The van der Waals surface area contributed by atoms with E-state index in [1.807, 2.05) is 24.6 Å². The zero-order chi connectivity index (χ0) is 12.3.